The zero-order valence-electron chi connectivity index (χ0n) is 12.6. The third-order valence-electron chi connectivity index (χ3n) is 3.82. The number of amides is 2. The minimum absolute atomic E-state index is 0.152. The zero-order valence-corrected chi connectivity index (χ0v) is 12.6. The number of hydrogen-bond acceptors (Lipinski definition) is 2. The molecule has 2 aromatic carbocycles. The third-order valence-corrected chi connectivity index (χ3v) is 3.82. The summed E-state index contributed by atoms with van der Waals surface area (Å²) >= 11 is 0. The Bertz CT molecular complexity index is 745. The number of hydrogen-bond donors (Lipinski definition) is 1. The first kappa shape index (κ1) is 15.2. The van der Waals surface area contributed by atoms with Crippen molar-refractivity contribution in [3.8, 4) is 0 Å². The summed E-state index contributed by atoms with van der Waals surface area (Å²) in [6.07, 6.45) is 1.48. The van der Waals surface area contributed by atoms with Crippen LogP contribution in [0.2, 0.25) is 0 Å². The van der Waals surface area contributed by atoms with Crippen LogP contribution in [0, 0.1) is 5.82 Å². The van der Waals surface area contributed by atoms with Gasteiger partial charge in [-0.2, -0.15) is 0 Å². The Morgan fingerprint density at radius 3 is 2.74 bits per heavy atom. The molecule has 0 radical (unpaired) electrons. The monoisotopic (exact) mass is 312 g/mol. The number of nitrogens with one attached hydrogen (secondary N) is 1. The van der Waals surface area contributed by atoms with Gasteiger partial charge in [0.25, 0.3) is 5.91 Å². The SMILES string of the molecule is O=C(Nc1cccc(F)c1)c1cccc(CN2CCCC2=O)c1. The van der Waals surface area contributed by atoms with Gasteiger partial charge in [-0.3, -0.25) is 9.59 Å². The van der Waals surface area contributed by atoms with Crippen molar-refractivity contribution in [2.45, 2.75) is 19.4 Å². The topological polar surface area (TPSA) is 49.4 Å². The van der Waals surface area contributed by atoms with E-state index in [0.29, 0.717) is 24.2 Å². The van der Waals surface area contributed by atoms with Crippen LogP contribution in [0.5, 0.6) is 0 Å². The zero-order chi connectivity index (χ0) is 16.2. The maximum absolute atomic E-state index is 13.2. The van der Waals surface area contributed by atoms with Crippen LogP contribution in [0.1, 0.15) is 28.8 Å². The molecule has 0 atom stereocenters. The summed E-state index contributed by atoms with van der Waals surface area (Å²) in [6, 6.07) is 12.9. The fourth-order valence-electron chi connectivity index (χ4n) is 2.67. The van der Waals surface area contributed by atoms with Crippen LogP contribution in [-0.2, 0) is 11.3 Å². The highest BCUT2D eigenvalue weighted by molar-refractivity contribution is 6.04. The average molecular weight is 312 g/mol. The molecule has 0 unspecified atom stereocenters. The van der Waals surface area contributed by atoms with E-state index in [1.165, 1.54) is 12.1 Å². The second-order valence-electron chi connectivity index (χ2n) is 5.58. The van der Waals surface area contributed by atoms with Gasteiger partial charge in [0.1, 0.15) is 5.82 Å². The minimum Gasteiger partial charge on any atom is -0.338 e. The fraction of sp³-hybridized carbons (Fsp3) is 0.222. The van der Waals surface area contributed by atoms with Crippen LogP contribution in [-0.4, -0.2) is 23.3 Å². The van der Waals surface area contributed by atoms with Crippen LogP contribution < -0.4 is 5.32 Å². The van der Waals surface area contributed by atoms with Crippen molar-refractivity contribution in [3.63, 3.8) is 0 Å². The maximum Gasteiger partial charge on any atom is 0.255 e. The van der Waals surface area contributed by atoms with Crippen molar-refractivity contribution in [1.82, 2.24) is 4.90 Å². The summed E-state index contributed by atoms with van der Waals surface area (Å²) in [7, 11) is 0. The van der Waals surface area contributed by atoms with Crippen molar-refractivity contribution >= 4 is 17.5 Å². The van der Waals surface area contributed by atoms with Gasteiger partial charge < -0.3 is 10.2 Å². The number of halogens is 1. The van der Waals surface area contributed by atoms with E-state index in [1.54, 1.807) is 35.2 Å². The molecule has 1 N–H and O–H groups in total. The molecule has 2 amide bonds. The lowest BCUT2D eigenvalue weighted by molar-refractivity contribution is -0.128. The van der Waals surface area contributed by atoms with Gasteiger partial charge >= 0.3 is 0 Å². The molecule has 0 aromatic heterocycles. The van der Waals surface area contributed by atoms with E-state index < -0.39 is 5.82 Å². The molecule has 2 aromatic rings. The van der Waals surface area contributed by atoms with Gasteiger partial charge in [-0.1, -0.05) is 18.2 Å². The first-order valence-corrected chi connectivity index (χ1v) is 7.55. The molecule has 3 rings (SSSR count). The highest BCUT2D eigenvalue weighted by Crippen LogP contribution is 2.16. The van der Waals surface area contributed by atoms with Crippen LogP contribution in [0.3, 0.4) is 0 Å². The van der Waals surface area contributed by atoms with Crippen molar-refractivity contribution in [1.29, 1.82) is 0 Å². The van der Waals surface area contributed by atoms with Crippen LogP contribution in [0.15, 0.2) is 48.5 Å². The number of nitrogens with zero attached hydrogens (tertiary/aromatic N) is 1. The summed E-state index contributed by atoms with van der Waals surface area (Å²) in [5.41, 5.74) is 1.81. The molecule has 1 fully saturated rings. The summed E-state index contributed by atoms with van der Waals surface area (Å²) in [4.78, 5) is 25.7. The quantitative estimate of drug-likeness (QED) is 0.942. The van der Waals surface area contributed by atoms with Crippen LogP contribution in [0.4, 0.5) is 10.1 Å². The van der Waals surface area contributed by atoms with E-state index in [-0.39, 0.29) is 11.8 Å². The molecule has 0 bridgehead atoms. The fourth-order valence-corrected chi connectivity index (χ4v) is 2.67. The maximum atomic E-state index is 13.2. The van der Waals surface area contributed by atoms with Gasteiger partial charge in [-0.05, 0) is 42.3 Å². The predicted octanol–water partition coefficient (Wildman–Crippen LogP) is 3.20. The lowest BCUT2D eigenvalue weighted by Gasteiger charge is -2.16. The van der Waals surface area contributed by atoms with Crippen molar-refractivity contribution in [2.24, 2.45) is 0 Å². The number of benzene rings is 2. The summed E-state index contributed by atoms with van der Waals surface area (Å²) in [5.74, 6) is -0.547. The Labute approximate surface area is 133 Å². The Hall–Kier alpha value is -2.69. The highest BCUT2D eigenvalue weighted by Gasteiger charge is 2.20. The van der Waals surface area contributed by atoms with Crippen molar-refractivity contribution in [2.75, 3.05) is 11.9 Å². The molecule has 0 saturated carbocycles. The second kappa shape index (κ2) is 6.60. The summed E-state index contributed by atoms with van der Waals surface area (Å²) in [5, 5.41) is 2.67. The lowest BCUT2D eigenvalue weighted by atomic mass is 10.1. The highest BCUT2D eigenvalue weighted by atomic mass is 19.1. The second-order valence-corrected chi connectivity index (χ2v) is 5.58. The molecule has 1 aliphatic heterocycles. The average Bonchev–Trinajstić information content (AvgIpc) is 2.93. The lowest BCUT2D eigenvalue weighted by Crippen LogP contribution is -2.24. The standard InChI is InChI=1S/C18H17FN2O2/c19-15-6-2-7-16(11-15)20-18(23)14-5-1-4-13(10-14)12-21-9-3-8-17(21)22/h1-2,4-7,10-11H,3,8-9,12H2,(H,20,23). The third kappa shape index (κ3) is 3.74. The van der Waals surface area contributed by atoms with Gasteiger partial charge in [-0.25, -0.2) is 4.39 Å². The number of rotatable bonds is 4. The van der Waals surface area contributed by atoms with Crippen molar-refractivity contribution in [3.05, 3.63) is 65.5 Å². The number of carbonyl (C=O) groups excluding carboxylic acids is 2. The molecular weight excluding hydrogens is 295 g/mol. The van der Waals surface area contributed by atoms with E-state index in [2.05, 4.69) is 5.32 Å². The van der Waals surface area contributed by atoms with E-state index in [0.717, 1.165) is 18.5 Å². The van der Waals surface area contributed by atoms with Gasteiger partial charge in [0, 0.05) is 30.8 Å². The largest absolute Gasteiger partial charge is 0.338 e. The van der Waals surface area contributed by atoms with E-state index in [4.69, 9.17) is 0 Å². The molecule has 1 aliphatic rings. The number of anilines is 1. The smallest absolute Gasteiger partial charge is 0.255 e. The molecule has 118 valence electrons. The Morgan fingerprint density at radius 1 is 1.17 bits per heavy atom. The molecule has 1 saturated heterocycles. The Balaban J connectivity index is 1.71. The van der Waals surface area contributed by atoms with E-state index in [1.807, 2.05) is 6.07 Å². The van der Waals surface area contributed by atoms with E-state index in [9.17, 15) is 14.0 Å². The first-order chi connectivity index (χ1) is 11.1. The summed E-state index contributed by atoms with van der Waals surface area (Å²) < 4.78 is 13.2. The molecule has 0 aliphatic carbocycles. The molecule has 23 heavy (non-hydrogen) atoms. The minimum atomic E-state index is -0.399. The van der Waals surface area contributed by atoms with Gasteiger partial charge in [0.05, 0.1) is 0 Å². The van der Waals surface area contributed by atoms with Gasteiger partial charge in [-0.15, -0.1) is 0 Å². The molecule has 1 heterocycles. The normalized spacial score (nSPS) is 14.1. The first-order valence-electron chi connectivity index (χ1n) is 7.55. The number of likely N-dealkylation sites (tertiary alicyclic amines) is 1. The number of carbonyl (C=O) groups is 2. The van der Waals surface area contributed by atoms with Crippen LogP contribution >= 0.6 is 0 Å². The van der Waals surface area contributed by atoms with Crippen LogP contribution in [0.25, 0.3) is 0 Å². The molecule has 5 heteroatoms. The molecular formula is C18H17FN2O2. The van der Waals surface area contributed by atoms with Crippen molar-refractivity contribution < 1.29 is 14.0 Å². The summed E-state index contributed by atoms with van der Waals surface area (Å²) in [6.45, 7) is 1.28. The molecule has 0 spiro atoms. The van der Waals surface area contributed by atoms with E-state index >= 15 is 0 Å². The Morgan fingerprint density at radius 2 is 2.00 bits per heavy atom. The molecule has 4 nitrogen and oxygen atoms in total. The Kier molecular flexibility index (Phi) is 4.37. The predicted molar refractivity (Wildman–Crippen MR) is 85.4 cm³/mol. The van der Waals surface area contributed by atoms with Gasteiger partial charge in [0.2, 0.25) is 5.91 Å². The van der Waals surface area contributed by atoms with Gasteiger partial charge in [0.15, 0.2) is 0 Å².